The summed E-state index contributed by atoms with van der Waals surface area (Å²) in [4.78, 5) is 42.8. The normalized spacial score (nSPS) is 12.0. The van der Waals surface area contributed by atoms with Gasteiger partial charge < -0.3 is 15.1 Å². The predicted molar refractivity (Wildman–Crippen MR) is 135 cm³/mol. The summed E-state index contributed by atoms with van der Waals surface area (Å²) in [5, 5.41) is 20.2. The van der Waals surface area contributed by atoms with E-state index in [1.54, 1.807) is 30.3 Å². The summed E-state index contributed by atoms with van der Waals surface area (Å²) in [5.74, 6) is -2.41. The standard InChI is InChI=1S/C28H32N2O5/c1-4-5-6-11-25(31)30(26(18(2)3)28(34)35)17-19-12-14-23-20(16-19)13-15-24(29-23)21-9-7-8-10-22(21)27(32)33/h7-10,12-16,18,26H,4-6,11,17H2,1-3H3,(H,32,33)(H,34,35)/t26-/m0/s1. The first kappa shape index (κ1) is 25.9. The molecule has 0 unspecified atom stereocenters. The Hall–Kier alpha value is -3.74. The van der Waals surface area contributed by atoms with Crippen LogP contribution in [0.25, 0.3) is 22.2 Å². The molecular formula is C28H32N2O5. The van der Waals surface area contributed by atoms with Gasteiger partial charge in [-0.3, -0.25) is 4.79 Å². The minimum atomic E-state index is -1.01. The van der Waals surface area contributed by atoms with Crippen LogP contribution in [0.4, 0.5) is 0 Å². The molecule has 1 aromatic heterocycles. The van der Waals surface area contributed by atoms with E-state index >= 15 is 0 Å². The molecule has 0 aliphatic rings. The van der Waals surface area contributed by atoms with Crippen LogP contribution in [-0.2, 0) is 16.1 Å². The molecule has 0 saturated carbocycles. The van der Waals surface area contributed by atoms with E-state index in [-0.39, 0.29) is 23.9 Å². The van der Waals surface area contributed by atoms with Crippen molar-refractivity contribution in [3.8, 4) is 11.3 Å². The van der Waals surface area contributed by atoms with E-state index < -0.39 is 18.0 Å². The van der Waals surface area contributed by atoms with E-state index in [2.05, 4.69) is 11.9 Å². The molecule has 0 saturated heterocycles. The highest BCUT2D eigenvalue weighted by atomic mass is 16.4. The van der Waals surface area contributed by atoms with E-state index in [1.807, 2.05) is 38.1 Å². The Morgan fingerprint density at radius 1 is 0.971 bits per heavy atom. The Kier molecular flexibility index (Phi) is 8.58. The third-order valence-corrected chi connectivity index (χ3v) is 6.07. The lowest BCUT2D eigenvalue weighted by molar-refractivity contribution is -0.153. The number of benzene rings is 2. The number of pyridine rings is 1. The van der Waals surface area contributed by atoms with Crippen LogP contribution in [0.2, 0.25) is 0 Å². The quantitative estimate of drug-likeness (QED) is 0.348. The lowest BCUT2D eigenvalue weighted by Crippen LogP contribution is -2.47. The minimum absolute atomic E-state index is 0.154. The number of carbonyl (C=O) groups is 3. The molecule has 0 aliphatic heterocycles. The Morgan fingerprint density at radius 3 is 2.37 bits per heavy atom. The fourth-order valence-electron chi connectivity index (χ4n) is 4.30. The third-order valence-electron chi connectivity index (χ3n) is 6.07. The van der Waals surface area contributed by atoms with Crippen LogP contribution in [0.5, 0.6) is 0 Å². The fourth-order valence-corrected chi connectivity index (χ4v) is 4.30. The number of carboxylic acid groups (broad SMARTS) is 2. The second kappa shape index (κ2) is 11.6. The lowest BCUT2D eigenvalue weighted by atomic mass is 10.00. The van der Waals surface area contributed by atoms with Gasteiger partial charge in [-0.2, -0.15) is 0 Å². The zero-order valence-electron chi connectivity index (χ0n) is 20.4. The van der Waals surface area contributed by atoms with Gasteiger partial charge in [0.2, 0.25) is 5.91 Å². The van der Waals surface area contributed by atoms with Gasteiger partial charge in [-0.1, -0.05) is 63.9 Å². The molecule has 1 heterocycles. The zero-order chi connectivity index (χ0) is 25.5. The molecule has 184 valence electrons. The molecule has 1 atom stereocenters. The maximum atomic E-state index is 13.0. The van der Waals surface area contributed by atoms with Gasteiger partial charge >= 0.3 is 11.9 Å². The van der Waals surface area contributed by atoms with E-state index in [9.17, 15) is 24.6 Å². The van der Waals surface area contributed by atoms with Crippen molar-refractivity contribution in [3.63, 3.8) is 0 Å². The highest BCUT2D eigenvalue weighted by molar-refractivity contribution is 5.96. The maximum Gasteiger partial charge on any atom is 0.336 e. The summed E-state index contributed by atoms with van der Waals surface area (Å²) in [6, 6.07) is 15.0. The molecule has 3 aromatic rings. The molecule has 2 aromatic carbocycles. The highest BCUT2D eigenvalue weighted by Crippen LogP contribution is 2.26. The van der Waals surface area contributed by atoms with Gasteiger partial charge in [0, 0.05) is 23.9 Å². The van der Waals surface area contributed by atoms with Crippen LogP contribution in [0, 0.1) is 5.92 Å². The molecule has 35 heavy (non-hydrogen) atoms. The molecule has 0 aliphatic carbocycles. The summed E-state index contributed by atoms with van der Waals surface area (Å²) in [6.45, 7) is 5.88. The number of carboxylic acids is 2. The number of carbonyl (C=O) groups excluding carboxylic acids is 1. The summed E-state index contributed by atoms with van der Waals surface area (Å²) < 4.78 is 0. The molecular weight excluding hydrogens is 444 g/mol. The second-order valence-corrected chi connectivity index (χ2v) is 9.08. The van der Waals surface area contributed by atoms with Gasteiger partial charge in [0.15, 0.2) is 0 Å². The Morgan fingerprint density at radius 2 is 1.71 bits per heavy atom. The Balaban J connectivity index is 1.92. The molecule has 1 amide bonds. The molecule has 0 bridgehead atoms. The van der Waals surface area contributed by atoms with Crippen molar-refractivity contribution in [1.29, 1.82) is 0 Å². The van der Waals surface area contributed by atoms with Crippen molar-refractivity contribution in [3.05, 3.63) is 65.7 Å². The van der Waals surface area contributed by atoms with Crippen molar-refractivity contribution in [2.45, 2.75) is 59.0 Å². The van der Waals surface area contributed by atoms with Gasteiger partial charge in [-0.05, 0) is 42.2 Å². The monoisotopic (exact) mass is 476 g/mol. The summed E-state index contributed by atoms with van der Waals surface area (Å²) in [6.07, 6.45) is 2.97. The minimum Gasteiger partial charge on any atom is -0.480 e. The number of hydrogen-bond acceptors (Lipinski definition) is 4. The molecule has 0 fully saturated rings. The third kappa shape index (κ3) is 6.23. The zero-order valence-corrected chi connectivity index (χ0v) is 20.4. The van der Waals surface area contributed by atoms with Crippen LogP contribution in [-0.4, -0.2) is 44.0 Å². The van der Waals surface area contributed by atoms with Crippen LogP contribution < -0.4 is 0 Å². The number of unbranched alkanes of at least 4 members (excludes halogenated alkanes) is 2. The lowest BCUT2D eigenvalue weighted by Gasteiger charge is -2.32. The van der Waals surface area contributed by atoms with Crippen molar-refractivity contribution in [1.82, 2.24) is 9.88 Å². The Labute approximate surface area is 205 Å². The van der Waals surface area contributed by atoms with Crippen molar-refractivity contribution in [2.75, 3.05) is 0 Å². The highest BCUT2D eigenvalue weighted by Gasteiger charge is 2.32. The molecule has 2 N–H and O–H groups in total. The molecule has 7 nitrogen and oxygen atoms in total. The largest absolute Gasteiger partial charge is 0.480 e. The van der Waals surface area contributed by atoms with Crippen LogP contribution in [0.1, 0.15) is 62.4 Å². The van der Waals surface area contributed by atoms with E-state index in [0.29, 0.717) is 23.2 Å². The number of aromatic carboxylic acids is 1. The van der Waals surface area contributed by atoms with Gasteiger partial charge in [0.05, 0.1) is 16.8 Å². The number of hydrogen-bond donors (Lipinski definition) is 2. The molecule has 0 spiro atoms. The van der Waals surface area contributed by atoms with Crippen molar-refractivity contribution < 1.29 is 24.6 Å². The van der Waals surface area contributed by atoms with E-state index in [4.69, 9.17) is 0 Å². The molecule has 7 heteroatoms. The number of aliphatic carboxylic acids is 1. The predicted octanol–water partition coefficient (Wildman–Crippen LogP) is 5.62. The smallest absolute Gasteiger partial charge is 0.336 e. The average molecular weight is 477 g/mol. The van der Waals surface area contributed by atoms with Crippen LogP contribution in [0.3, 0.4) is 0 Å². The first-order valence-electron chi connectivity index (χ1n) is 12.0. The maximum absolute atomic E-state index is 13.0. The van der Waals surface area contributed by atoms with Gasteiger partial charge in [0.1, 0.15) is 6.04 Å². The Bertz CT molecular complexity index is 1220. The number of fused-ring (bicyclic) bond motifs is 1. The van der Waals surface area contributed by atoms with E-state index in [1.165, 1.54) is 4.90 Å². The topological polar surface area (TPSA) is 108 Å². The second-order valence-electron chi connectivity index (χ2n) is 9.08. The van der Waals surface area contributed by atoms with Crippen LogP contribution >= 0.6 is 0 Å². The van der Waals surface area contributed by atoms with Gasteiger partial charge in [0.25, 0.3) is 0 Å². The van der Waals surface area contributed by atoms with E-state index in [0.717, 1.165) is 30.2 Å². The number of amides is 1. The summed E-state index contributed by atoms with van der Waals surface area (Å²) in [7, 11) is 0. The summed E-state index contributed by atoms with van der Waals surface area (Å²) in [5.41, 5.74) is 2.78. The van der Waals surface area contributed by atoms with Crippen LogP contribution in [0.15, 0.2) is 54.6 Å². The van der Waals surface area contributed by atoms with Crippen molar-refractivity contribution >= 4 is 28.7 Å². The number of rotatable bonds is 11. The number of nitrogens with zero attached hydrogens (tertiary/aromatic N) is 2. The first-order chi connectivity index (χ1) is 16.7. The molecule has 0 radical (unpaired) electrons. The number of aromatic nitrogens is 1. The fraction of sp³-hybridized carbons (Fsp3) is 0.357. The molecule has 3 rings (SSSR count). The average Bonchev–Trinajstić information content (AvgIpc) is 2.82. The SMILES string of the molecule is CCCCCC(=O)N(Cc1ccc2nc(-c3ccccc3C(=O)O)ccc2c1)[C@H](C(=O)O)C(C)C. The first-order valence-corrected chi connectivity index (χ1v) is 12.0. The van der Waals surface area contributed by atoms with Crippen molar-refractivity contribution in [2.24, 2.45) is 5.92 Å². The summed E-state index contributed by atoms with van der Waals surface area (Å²) >= 11 is 0. The van der Waals surface area contributed by atoms with Gasteiger partial charge in [-0.25, -0.2) is 14.6 Å². The van der Waals surface area contributed by atoms with Gasteiger partial charge in [-0.15, -0.1) is 0 Å².